The van der Waals surface area contributed by atoms with Crippen molar-refractivity contribution < 1.29 is 13.9 Å². The Kier molecular flexibility index (Phi) is 5.16. The zero-order chi connectivity index (χ0) is 14.6. The Bertz CT molecular complexity index is 452. The molecule has 1 aliphatic rings. The number of ether oxygens (including phenoxy) is 1. The predicted molar refractivity (Wildman–Crippen MR) is 81.2 cm³/mol. The van der Waals surface area contributed by atoms with Crippen molar-refractivity contribution >= 4 is 17.7 Å². The van der Waals surface area contributed by atoms with Gasteiger partial charge in [-0.15, -0.1) is 0 Å². The van der Waals surface area contributed by atoms with E-state index in [1.807, 2.05) is 17.8 Å². The van der Waals surface area contributed by atoms with Crippen molar-refractivity contribution in [1.29, 1.82) is 0 Å². The Labute approximate surface area is 124 Å². The lowest BCUT2D eigenvalue weighted by molar-refractivity contribution is 0.0562. The third kappa shape index (κ3) is 3.38. The molecule has 0 saturated heterocycles. The number of nitrogens with one attached hydrogen (secondary N) is 1. The summed E-state index contributed by atoms with van der Waals surface area (Å²) in [5, 5.41) is 3.54. The SMILES string of the molecule is COC(=O)c1ccc(C(C)NCC2(SC)CCCC2)o1. The summed E-state index contributed by atoms with van der Waals surface area (Å²) in [6.07, 6.45) is 7.40. The molecule has 1 saturated carbocycles. The summed E-state index contributed by atoms with van der Waals surface area (Å²) >= 11 is 1.96. The Morgan fingerprint density at radius 1 is 1.50 bits per heavy atom. The molecule has 112 valence electrons. The van der Waals surface area contributed by atoms with Crippen LogP contribution in [0.3, 0.4) is 0 Å². The lowest BCUT2D eigenvalue weighted by atomic mass is 10.1. The molecule has 0 amide bonds. The summed E-state index contributed by atoms with van der Waals surface area (Å²) in [6.45, 7) is 3.03. The Hall–Kier alpha value is -0.940. The minimum Gasteiger partial charge on any atom is -0.463 e. The van der Waals surface area contributed by atoms with Crippen LogP contribution in [0.1, 0.15) is 55.0 Å². The van der Waals surface area contributed by atoms with Crippen molar-refractivity contribution in [2.45, 2.75) is 43.4 Å². The molecule has 1 heterocycles. The highest BCUT2D eigenvalue weighted by Gasteiger charge is 2.33. The summed E-state index contributed by atoms with van der Waals surface area (Å²) in [6, 6.07) is 3.60. The first-order chi connectivity index (χ1) is 9.60. The smallest absolute Gasteiger partial charge is 0.373 e. The Balaban J connectivity index is 1.93. The van der Waals surface area contributed by atoms with Crippen molar-refractivity contribution in [2.75, 3.05) is 19.9 Å². The molecule has 1 aromatic rings. The zero-order valence-electron chi connectivity index (χ0n) is 12.4. The number of carbonyl (C=O) groups is 1. The largest absolute Gasteiger partial charge is 0.463 e. The fourth-order valence-electron chi connectivity index (χ4n) is 2.71. The van der Waals surface area contributed by atoms with Crippen LogP contribution in [0.5, 0.6) is 0 Å². The maximum absolute atomic E-state index is 11.4. The van der Waals surface area contributed by atoms with Crippen molar-refractivity contribution in [3.63, 3.8) is 0 Å². The molecule has 1 aliphatic carbocycles. The van der Waals surface area contributed by atoms with E-state index in [2.05, 4.69) is 23.2 Å². The molecule has 20 heavy (non-hydrogen) atoms. The van der Waals surface area contributed by atoms with E-state index in [9.17, 15) is 4.79 Å². The summed E-state index contributed by atoms with van der Waals surface area (Å²) in [4.78, 5) is 11.4. The number of thioether (sulfide) groups is 1. The van der Waals surface area contributed by atoms with E-state index in [1.54, 1.807) is 6.07 Å². The van der Waals surface area contributed by atoms with Crippen molar-refractivity contribution in [2.24, 2.45) is 0 Å². The normalized spacial score (nSPS) is 18.9. The van der Waals surface area contributed by atoms with Gasteiger partial charge in [-0.05, 0) is 38.2 Å². The van der Waals surface area contributed by atoms with Crippen LogP contribution in [-0.2, 0) is 4.74 Å². The van der Waals surface area contributed by atoms with Crippen molar-refractivity contribution in [3.05, 3.63) is 23.7 Å². The molecular formula is C15H23NO3S. The highest BCUT2D eigenvalue weighted by molar-refractivity contribution is 8.00. The number of furan rings is 1. The molecule has 2 rings (SSSR count). The third-order valence-corrected chi connectivity index (χ3v) is 5.54. The van der Waals surface area contributed by atoms with Gasteiger partial charge in [0.2, 0.25) is 5.76 Å². The minimum absolute atomic E-state index is 0.0954. The standard InChI is InChI=1S/C15H23NO3S/c1-11(12-6-7-13(19-12)14(17)18-2)16-10-15(20-3)8-4-5-9-15/h6-7,11,16H,4-5,8-10H2,1-3H3. The van der Waals surface area contributed by atoms with Gasteiger partial charge in [-0.3, -0.25) is 0 Å². The summed E-state index contributed by atoms with van der Waals surface area (Å²) in [5.74, 6) is 0.607. The van der Waals surface area contributed by atoms with E-state index in [-0.39, 0.29) is 11.8 Å². The second-order valence-electron chi connectivity index (χ2n) is 5.39. The Morgan fingerprint density at radius 3 is 2.80 bits per heavy atom. The molecule has 1 atom stereocenters. The number of esters is 1. The van der Waals surface area contributed by atoms with Gasteiger partial charge in [0.15, 0.2) is 0 Å². The fourth-order valence-corrected chi connectivity index (χ4v) is 3.63. The zero-order valence-corrected chi connectivity index (χ0v) is 13.2. The van der Waals surface area contributed by atoms with Crippen molar-refractivity contribution in [1.82, 2.24) is 5.32 Å². The van der Waals surface area contributed by atoms with Crippen LogP contribution in [0, 0.1) is 0 Å². The predicted octanol–water partition coefficient (Wildman–Crippen LogP) is 3.39. The van der Waals surface area contributed by atoms with Gasteiger partial charge in [-0.1, -0.05) is 12.8 Å². The molecule has 5 heteroatoms. The molecule has 0 aromatic carbocycles. The van der Waals surface area contributed by atoms with Crippen LogP contribution in [0.15, 0.2) is 16.5 Å². The molecular weight excluding hydrogens is 274 g/mol. The molecule has 1 N–H and O–H groups in total. The third-order valence-electron chi connectivity index (χ3n) is 4.12. The average molecular weight is 297 g/mol. The quantitative estimate of drug-likeness (QED) is 0.816. The molecule has 0 bridgehead atoms. The van der Waals surface area contributed by atoms with E-state index < -0.39 is 5.97 Å². The molecule has 1 unspecified atom stereocenters. The summed E-state index contributed by atoms with van der Waals surface area (Å²) < 4.78 is 10.6. The van der Waals surface area contributed by atoms with Crippen molar-refractivity contribution in [3.8, 4) is 0 Å². The summed E-state index contributed by atoms with van der Waals surface area (Å²) in [5.41, 5.74) is 0. The lowest BCUT2D eigenvalue weighted by Gasteiger charge is -2.28. The molecule has 4 nitrogen and oxygen atoms in total. The second-order valence-corrected chi connectivity index (χ2v) is 6.66. The van der Waals surface area contributed by atoms with E-state index in [0.717, 1.165) is 12.3 Å². The number of rotatable bonds is 6. The first-order valence-corrected chi connectivity index (χ1v) is 8.29. The highest BCUT2D eigenvalue weighted by atomic mass is 32.2. The fraction of sp³-hybridized carbons (Fsp3) is 0.667. The van der Waals surface area contributed by atoms with Gasteiger partial charge < -0.3 is 14.5 Å². The van der Waals surface area contributed by atoms with Gasteiger partial charge in [0.1, 0.15) is 5.76 Å². The van der Waals surface area contributed by atoms with Gasteiger partial charge in [0, 0.05) is 11.3 Å². The molecule has 1 aromatic heterocycles. The lowest BCUT2D eigenvalue weighted by Crippen LogP contribution is -2.36. The van der Waals surface area contributed by atoms with Gasteiger partial charge in [0.05, 0.1) is 13.2 Å². The maximum atomic E-state index is 11.4. The van der Waals surface area contributed by atoms with Crippen LogP contribution < -0.4 is 5.32 Å². The maximum Gasteiger partial charge on any atom is 0.373 e. The highest BCUT2D eigenvalue weighted by Crippen LogP contribution is 2.40. The molecule has 0 spiro atoms. The van der Waals surface area contributed by atoms with E-state index in [0.29, 0.717) is 4.75 Å². The monoisotopic (exact) mass is 297 g/mol. The van der Waals surface area contributed by atoms with E-state index >= 15 is 0 Å². The first-order valence-electron chi connectivity index (χ1n) is 7.07. The van der Waals surface area contributed by atoms with Gasteiger partial charge >= 0.3 is 5.97 Å². The van der Waals surface area contributed by atoms with Crippen LogP contribution in [0.25, 0.3) is 0 Å². The number of carbonyl (C=O) groups excluding carboxylic acids is 1. The van der Waals surface area contributed by atoms with Gasteiger partial charge in [-0.25, -0.2) is 4.79 Å². The minimum atomic E-state index is -0.431. The number of methoxy groups -OCH3 is 1. The molecule has 0 aliphatic heterocycles. The Morgan fingerprint density at radius 2 is 2.20 bits per heavy atom. The van der Waals surface area contributed by atoms with E-state index in [4.69, 9.17) is 4.42 Å². The van der Waals surface area contributed by atoms with Crippen LogP contribution >= 0.6 is 11.8 Å². The van der Waals surface area contributed by atoms with Gasteiger partial charge in [0.25, 0.3) is 0 Å². The second kappa shape index (κ2) is 6.68. The first kappa shape index (κ1) is 15.4. The summed E-state index contributed by atoms with van der Waals surface area (Å²) in [7, 11) is 1.36. The van der Waals surface area contributed by atoms with Gasteiger partial charge in [-0.2, -0.15) is 11.8 Å². The topological polar surface area (TPSA) is 51.5 Å². The van der Waals surface area contributed by atoms with E-state index in [1.165, 1.54) is 32.8 Å². The average Bonchev–Trinajstić information content (AvgIpc) is 3.13. The number of hydrogen-bond donors (Lipinski definition) is 1. The van der Waals surface area contributed by atoms with Crippen LogP contribution in [-0.4, -0.2) is 30.6 Å². The van der Waals surface area contributed by atoms with Crippen LogP contribution in [0.4, 0.5) is 0 Å². The number of hydrogen-bond acceptors (Lipinski definition) is 5. The van der Waals surface area contributed by atoms with Crippen LogP contribution in [0.2, 0.25) is 0 Å². The molecule has 1 fully saturated rings. The molecule has 0 radical (unpaired) electrons.